The zero-order chi connectivity index (χ0) is 23.7. The van der Waals surface area contributed by atoms with Crippen molar-refractivity contribution in [1.29, 1.82) is 0 Å². The predicted molar refractivity (Wildman–Crippen MR) is 117 cm³/mol. The number of nitrogens with zero attached hydrogens (tertiary/aromatic N) is 2. The number of benzene rings is 2. The van der Waals surface area contributed by atoms with Gasteiger partial charge in [-0.25, -0.2) is 14.6 Å². The molecule has 0 saturated heterocycles. The van der Waals surface area contributed by atoms with Crippen LogP contribution in [0.1, 0.15) is 5.56 Å². The first-order valence-corrected chi connectivity index (χ1v) is 9.37. The van der Waals surface area contributed by atoms with Crippen LogP contribution in [0.25, 0.3) is 11.3 Å². The van der Waals surface area contributed by atoms with Crippen molar-refractivity contribution in [1.82, 2.24) is 9.55 Å². The molecule has 2 aromatic carbocycles. The topological polar surface area (TPSA) is 132 Å². The number of nitrogens with one attached hydrogen (secondary N) is 1. The molecule has 170 valence electrons. The molecule has 0 fully saturated rings. The molecule has 0 aliphatic heterocycles. The molecule has 3 N–H and O–H groups in total. The van der Waals surface area contributed by atoms with Gasteiger partial charge in [0.05, 0.1) is 33.2 Å². The summed E-state index contributed by atoms with van der Waals surface area (Å²) in [6.45, 7) is 0.577. The first kappa shape index (κ1) is 24.1. The molecule has 3 rings (SSSR count). The molecule has 10 heteroatoms. The van der Waals surface area contributed by atoms with Crippen LogP contribution < -0.4 is 19.5 Å². The number of carboxylic acid groups (broad SMARTS) is 2. The SMILES string of the molecule is COc1ccc(-c2cnc(NCc3cc(OC)ccc3OC)n2C)cc1.O=C(O)C(=O)O. The molecule has 0 amide bonds. The third-order valence-electron chi connectivity index (χ3n) is 4.48. The van der Waals surface area contributed by atoms with E-state index in [0.29, 0.717) is 6.54 Å². The Hall–Kier alpha value is -4.21. The number of carbonyl (C=O) groups is 2. The Labute approximate surface area is 185 Å². The van der Waals surface area contributed by atoms with Crippen LogP contribution in [0, 0.1) is 0 Å². The Morgan fingerprint density at radius 2 is 1.53 bits per heavy atom. The monoisotopic (exact) mass is 443 g/mol. The standard InChI is InChI=1S/C20H23N3O3.C2H2O4/c1-23-18(14-5-7-16(24-2)8-6-14)13-22-20(23)21-12-15-11-17(25-3)9-10-19(15)26-4;3-1(4)2(5)6/h5-11,13H,12H2,1-4H3,(H,21,22);(H,3,4)(H,5,6). The van der Waals surface area contributed by atoms with Crippen molar-refractivity contribution < 1.29 is 34.0 Å². The fourth-order valence-corrected chi connectivity index (χ4v) is 2.80. The minimum atomic E-state index is -1.82. The number of imidazole rings is 1. The minimum Gasteiger partial charge on any atom is -0.497 e. The van der Waals surface area contributed by atoms with Gasteiger partial charge in [-0.1, -0.05) is 0 Å². The van der Waals surface area contributed by atoms with E-state index < -0.39 is 11.9 Å². The van der Waals surface area contributed by atoms with Gasteiger partial charge in [-0.3, -0.25) is 0 Å². The van der Waals surface area contributed by atoms with Gasteiger partial charge in [-0.05, 0) is 42.5 Å². The summed E-state index contributed by atoms with van der Waals surface area (Å²) in [7, 11) is 6.96. The van der Waals surface area contributed by atoms with Crippen LogP contribution in [-0.2, 0) is 23.2 Å². The number of hydrogen-bond donors (Lipinski definition) is 3. The van der Waals surface area contributed by atoms with Crippen molar-refractivity contribution >= 4 is 17.9 Å². The lowest BCUT2D eigenvalue weighted by Crippen LogP contribution is -2.09. The van der Waals surface area contributed by atoms with E-state index in [1.165, 1.54) is 0 Å². The highest BCUT2D eigenvalue weighted by Gasteiger charge is 2.11. The van der Waals surface area contributed by atoms with E-state index >= 15 is 0 Å². The number of aromatic nitrogens is 2. The first-order valence-electron chi connectivity index (χ1n) is 9.37. The van der Waals surface area contributed by atoms with Gasteiger partial charge in [0.1, 0.15) is 17.2 Å². The molecule has 32 heavy (non-hydrogen) atoms. The van der Waals surface area contributed by atoms with Gasteiger partial charge >= 0.3 is 11.9 Å². The lowest BCUT2D eigenvalue weighted by Gasteiger charge is -2.12. The summed E-state index contributed by atoms with van der Waals surface area (Å²) in [5.74, 6) is -0.436. The molecule has 1 aromatic heterocycles. The Morgan fingerprint density at radius 3 is 2.06 bits per heavy atom. The van der Waals surface area contributed by atoms with Crippen LogP contribution in [0.4, 0.5) is 5.95 Å². The molecular formula is C22H25N3O7. The number of aliphatic carboxylic acids is 2. The molecule has 0 spiro atoms. The van der Waals surface area contributed by atoms with E-state index in [2.05, 4.69) is 10.3 Å². The summed E-state index contributed by atoms with van der Waals surface area (Å²) < 4.78 is 18.0. The quantitative estimate of drug-likeness (QED) is 0.472. The smallest absolute Gasteiger partial charge is 0.414 e. The Balaban J connectivity index is 0.000000534. The van der Waals surface area contributed by atoms with E-state index in [9.17, 15) is 0 Å². The number of rotatable bonds is 7. The van der Waals surface area contributed by atoms with Gasteiger partial charge in [0.15, 0.2) is 0 Å². The third-order valence-corrected chi connectivity index (χ3v) is 4.48. The zero-order valence-corrected chi connectivity index (χ0v) is 18.2. The second-order valence-electron chi connectivity index (χ2n) is 6.40. The number of ether oxygens (including phenoxy) is 3. The van der Waals surface area contributed by atoms with Crippen molar-refractivity contribution in [2.24, 2.45) is 7.05 Å². The van der Waals surface area contributed by atoms with Crippen LogP contribution in [0.15, 0.2) is 48.7 Å². The van der Waals surface area contributed by atoms with Crippen molar-refractivity contribution in [2.45, 2.75) is 6.54 Å². The van der Waals surface area contributed by atoms with Gasteiger partial charge in [0, 0.05) is 24.7 Å². The highest BCUT2D eigenvalue weighted by atomic mass is 16.5. The average Bonchev–Trinajstić information content (AvgIpc) is 3.17. The highest BCUT2D eigenvalue weighted by molar-refractivity contribution is 6.27. The summed E-state index contributed by atoms with van der Waals surface area (Å²) >= 11 is 0. The lowest BCUT2D eigenvalue weighted by atomic mass is 10.1. The Kier molecular flexibility index (Phi) is 8.46. The second-order valence-corrected chi connectivity index (χ2v) is 6.40. The summed E-state index contributed by atoms with van der Waals surface area (Å²) in [4.78, 5) is 22.7. The van der Waals surface area contributed by atoms with Crippen LogP contribution in [0.3, 0.4) is 0 Å². The molecule has 0 atom stereocenters. The summed E-state index contributed by atoms with van der Waals surface area (Å²) in [6.07, 6.45) is 1.85. The second kappa shape index (κ2) is 11.3. The molecule has 0 unspecified atom stereocenters. The normalized spacial score (nSPS) is 9.88. The molecular weight excluding hydrogens is 418 g/mol. The summed E-state index contributed by atoms with van der Waals surface area (Å²) in [6, 6.07) is 13.7. The van der Waals surface area contributed by atoms with Gasteiger partial charge in [0.25, 0.3) is 0 Å². The maximum Gasteiger partial charge on any atom is 0.414 e. The molecule has 0 saturated carbocycles. The van der Waals surface area contributed by atoms with E-state index in [0.717, 1.165) is 40.0 Å². The summed E-state index contributed by atoms with van der Waals surface area (Å²) in [5, 5.41) is 18.1. The number of anilines is 1. The van der Waals surface area contributed by atoms with E-state index in [1.54, 1.807) is 21.3 Å². The molecule has 1 heterocycles. The fraction of sp³-hybridized carbons (Fsp3) is 0.227. The van der Waals surface area contributed by atoms with Crippen molar-refractivity contribution in [3.8, 4) is 28.5 Å². The van der Waals surface area contributed by atoms with Crippen LogP contribution in [-0.4, -0.2) is 53.0 Å². The van der Waals surface area contributed by atoms with Crippen LogP contribution in [0.2, 0.25) is 0 Å². The number of hydrogen-bond acceptors (Lipinski definition) is 7. The largest absolute Gasteiger partial charge is 0.497 e. The minimum absolute atomic E-state index is 0.577. The maximum atomic E-state index is 9.10. The molecule has 0 bridgehead atoms. The highest BCUT2D eigenvalue weighted by Crippen LogP contribution is 2.27. The van der Waals surface area contributed by atoms with E-state index in [1.807, 2.05) is 60.3 Å². The Morgan fingerprint density at radius 1 is 0.938 bits per heavy atom. The van der Waals surface area contributed by atoms with Crippen molar-refractivity contribution in [3.05, 3.63) is 54.2 Å². The van der Waals surface area contributed by atoms with Gasteiger partial charge in [-0.2, -0.15) is 0 Å². The van der Waals surface area contributed by atoms with E-state index in [4.69, 9.17) is 34.0 Å². The fourth-order valence-electron chi connectivity index (χ4n) is 2.80. The average molecular weight is 443 g/mol. The lowest BCUT2D eigenvalue weighted by molar-refractivity contribution is -0.159. The van der Waals surface area contributed by atoms with Gasteiger partial charge in [-0.15, -0.1) is 0 Å². The molecule has 0 radical (unpaired) electrons. The maximum absolute atomic E-state index is 9.10. The van der Waals surface area contributed by atoms with Crippen LogP contribution in [0.5, 0.6) is 17.2 Å². The van der Waals surface area contributed by atoms with Crippen molar-refractivity contribution in [2.75, 3.05) is 26.6 Å². The zero-order valence-electron chi connectivity index (χ0n) is 18.2. The predicted octanol–water partition coefficient (Wildman–Crippen LogP) is 2.88. The molecule has 10 nitrogen and oxygen atoms in total. The van der Waals surface area contributed by atoms with Gasteiger partial charge in [0.2, 0.25) is 5.95 Å². The molecule has 0 aliphatic rings. The molecule has 3 aromatic rings. The van der Waals surface area contributed by atoms with Gasteiger partial charge < -0.3 is 34.3 Å². The molecule has 0 aliphatic carbocycles. The van der Waals surface area contributed by atoms with Crippen LogP contribution >= 0.6 is 0 Å². The summed E-state index contributed by atoms with van der Waals surface area (Å²) in [5.41, 5.74) is 3.10. The number of carboxylic acids is 2. The first-order chi connectivity index (χ1) is 15.3. The Bertz CT molecular complexity index is 1050. The third kappa shape index (κ3) is 6.14. The van der Waals surface area contributed by atoms with Crippen molar-refractivity contribution in [3.63, 3.8) is 0 Å². The van der Waals surface area contributed by atoms with E-state index in [-0.39, 0.29) is 0 Å². The number of methoxy groups -OCH3 is 3.